The Bertz CT molecular complexity index is 1510. The van der Waals surface area contributed by atoms with Gasteiger partial charge in [0.2, 0.25) is 0 Å². The number of nitro benzene ring substituents is 1. The second-order valence-electron chi connectivity index (χ2n) is 7.61. The van der Waals surface area contributed by atoms with E-state index in [0.717, 1.165) is 6.07 Å². The molecule has 0 saturated carbocycles. The highest BCUT2D eigenvalue weighted by atomic mass is 19.1. The van der Waals surface area contributed by atoms with Gasteiger partial charge in [-0.25, -0.2) is 14.1 Å². The molecular weight excluding hydrogens is 475 g/mol. The Morgan fingerprint density at radius 3 is 2.61 bits per heavy atom. The number of hydrogen-bond donors (Lipinski definition) is 1. The summed E-state index contributed by atoms with van der Waals surface area (Å²) in [4.78, 5) is 40.6. The minimum atomic E-state index is -0.695. The van der Waals surface area contributed by atoms with E-state index in [0.29, 0.717) is 5.56 Å². The maximum atomic E-state index is 14.0. The average molecular weight is 496 g/mol. The molecule has 4 rings (SSSR count). The molecule has 186 valence electrons. The van der Waals surface area contributed by atoms with Gasteiger partial charge in [0.25, 0.3) is 17.2 Å². The lowest BCUT2D eigenvalue weighted by Crippen LogP contribution is -2.28. The smallest absolute Gasteiger partial charge is 0.286 e. The predicted molar refractivity (Wildman–Crippen MR) is 126 cm³/mol. The first-order valence-electron chi connectivity index (χ1n) is 10.7. The van der Waals surface area contributed by atoms with Crippen LogP contribution in [0.2, 0.25) is 0 Å². The Labute approximate surface area is 203 Å². The number of fused-ring (bicyclic) bond motifs is 1. The van der Waals surface area contributed by atoms with Crippen molar-refractivity contribution in [1.82, 2.24) is 24.6 Å². The van der Waals surface area contributed by atoms with Crippen molar-refractivity contribution in [1.29, 1.82) is 0 Å². The summed E-state index contributed by atoms with van der Waals surface area (Å²) in [6, 6.07) is 8.49. The number of methoxy groups -OCH3 is 2. The number of nitrogens with zero attached hydrogens (tertiary/aromatic N) is 5. The molecular formula is C23H21FN6O6. The molecule has 1 N–H and O–H groups in total. The largest absolute Gasteiger partial charge is 0.493 e. The normalized spacial score (nSPS) is 10.9. The van der Waals surface area contributed by atoms with Gasteiger partial charge in [0.1, 0.15) is 23.1 Å². The Hall–Kier alpha value is -4.81. The molecule has 0 unspecified atom stereocenters. The summed E-state index contributed by atoms with van der Waals surface area (Å²) >= 11 is 0. The molecule has 36 heavy (non-hydrogen) atoms. The number of rotatable bonds is 9. The first kappa shape index (κ1) is 24.3. The number of hydrogen-bond acceptors (Lipinski definition) is 8. The first-order valence-corrected chi connectivity index (χ1v) is 10.7. The quantitative estimate of drug-likeness (QED) is 0.274. The third-order valence-electron chi connectivity index (χ3n) is 5.47. The van der Waals surface area contributed by atoms with Crippen LogP contribution in [0.3, 0.4) is 0 Å². The third kappa shape index (κ3) is 4.71. The molecule has 0 aliphatic rings. The van der Waals surface area contributed by atoms with Crippen LogP contribution in [0.1, 0.15) is 15.9 Å². The van der Waals surface area contributed by atoms with Gasteiger partial charge in [0.05, 0.1) is 44.5 Å². The molecule has 2 aromatic heterocycles. The van der Waals surface area contributed by atoms with Gasteiger partial charge < -0.3 is 14.8 Å². The summed E-state index contributed by atoms with van der Waals surface area (Å²) < 4.78 is 26.9. The third-order valence-corrected chi connectivity index (χ3v) is 5.47. The van der Waals surface area contributed by atoms with Gasteiger partial charge in [-0.05, 0) is 6.07 Å². The zero-order valence-corrected chi connectivity index (χ0v) is 19.3. The SMILES string of the molecule is COc1cc(C(=O)NCCn2ncc3c(=O)n(Cc4ccccc4F)cnc32)c([N+](=O)[O-])cc1OC. The number of nitro groups is 1. The summed E-state index contributed by atoms with van der Waals surface area (Å²) in [5.41, 5.74) is -0.389. The van der Waals surface area contributed by atoms with E-state index >= 15 is 0 Å². The van der Waals surface area contributed by atoms with E-state index in [1.54, 1.807) is 18.2 Å². The minimum absolute atomic E-state index is 0.0137. The van der Waals surface area contributed by atoms with Gasteiger partial charge in [0.15, 0.2) is 17.1 Å². The molecule has 2 aromatic carbocycles. The molecule has 4 aromatic rings. The molecule has 0 atom stereocenters. The van der Waals surface area contributed by atoms with Crippen molar-refractivity contribution in [3.63, 3.8) is 0 Å². The number of benzene rings is 2. The minimum Gasteiger partial charge on any atom is -0.493 e. The van der Waals surface area contributed by atoms with Crippen LogP contribution in [0.25, 0.3) is 11.0 Å². The van der Waals surface area contributed by atoms with E-state index in [1.807, 2.05) is 0 Å². The van der Waals surface area contributed by atoms with Crippen molar-refractivity contribution in [2.24, 2.45) is 0 Å². The Kier molecular flexibility index (Phi) is 6.90. The fourth-order valence-electron chi connectivity index (χ4n) is 3.66. The van der Waals surface area contributed by atoms with Crippen molar-refractivity contribution >= 4 is 22.6 Å². The molecule has 12 nitrogen and oxygen atoms in total. The number of carbonyl (C=O) groups excluding carboxylic acids is 1. The topological polar surface area (TPSA) is 143 Å². The lowest BCUT2D eigenvalue weighted by molar-refractivity contribution is -0.385. The highest BCUT2D eigenvalue weighted by Gasteiger charge is 2.24. The second kappa shape index (κ2) is 10.2. The van der Waals surface area contributed by atoms with Crippen molar-refractivity contribution < 1.29 is 23.6 Å². The van der Waals surface area contributed by atoms with Gasteiger partial charge in [-0.15, -0.1) is 0 Å². The zero-order chi connectivity index (χ0) is 25.8. The Morgan fingerprint density at radius 2 is 1.92 bits per heavy atom. The molecule has 1 amide bonds. The van der Waals surface area contributed by atoms with Crippen LogP contribution in [-0.2, 0) is 13.1 Å². The highest BCUT2D eigenvalue weighted by Crippen LogP contribution is 2.34. The molecule has 0 fully saturated rings. The lowest BCUT2D eigenvalue weighted by Gasteiger charge is -2.11. The van der Waals surface area contributed by atoms with E-state index in [9.17, 15) is 24.1 Å². The molecule has 2 heterocycles. The van der Waals surface area contributed by atoms with E-state index < -0.39 is 22.3 Å². The van der Waals surface area contributed by atoms with Crippen LogP contribution in [0, 0.1) is 15.9 Å². The van der Waals surface area contributed by atoms with E-state index in [4.69, 9.17) is 9.47 Å². The fourth-order valence-corrected chi connectivity index (χ4v) is 3.66. The maximum Gasteiger partial charge on any atom is 0.286 e. The number of amides is 1. The summed E-state index contributed by atoms with van der Waals surface area (Å²) in [5, 5.41) is 18.4. The summed E-state index contributed by atoms with van der Waals surface area (Å²) in [7, 11) is 2.68. The Balaban J connectivity index is 1.49. The van der Waals surface area contributed by atoms with Crippen LogP contribution >= 0.6 is 0 Å². The number of carbonyl (C=O) groups is 1. The fraction of sp³-hybridized carbons (Fsp3) is 0.217. The maximum absolute atomic E-state index is 14.0. The predicted octanol–water partition coefficient (Wildman–Crippen LogP) is 2.14. The van der Waals surface area contributed by atoms with Gasteiger partial charge in [-0.3, -0.25) is 24.3 Å². The van der Waals surface area contributed by atoms with E-state index in [-0.39, 0.29) is 53.3 Å². The summed E-state index contributed by atoms with van der Waals surface area (Å²) in [5.74, 6) is -0.831. The van der Waals surface area contributed by atoms with Gasteiger partial charge in [-0.2, -0.15) is 5.10 Å². The first-order chi connectivity index (χ1) is 17.3. The highest BCUT2D eigenvalue weighted by molar-refractivity contribution is 5.99. The molecule has 0 spiro atoms. The van der Waals surface area contributed by atoms with Crippen molar-refractivity contribution in [2.75, 3.05) is 20.8 Å². The summed E-state index contributed by atoms with van der Waals surface area (Å²) in [6.07, 6.45) is 2.66. The van der Waals surface area contributed by atoms with Gasteiger partial charge in [0, 0.05) is 18.2 Å². The average Bonchev–Trinajstić information content (AvgIpc) is 3.29. The van der Waals surface area contributed by atoms with Crippen molar-refractivity contribution in [3.05, 3.63) is 86.3 Å². The van der Waals surface area contributed by atoms with E-state index in [1.165, 1.54) is 48.1 Å². The number of aromatic nitrogens is 4. The number of halogens is 1. The molecule has 0 bridgehead atoms. The van der Waals surface area contributed by atoms with Crippen LogP contribution in [-0.4, -0.2) is 50.9 Å². The molecule has 0 aliphatic carbocycles. The molecule has 0 saturated heterocycles. The van der Waals surface area contributed by atoms with Gasteiger partial charge >= 0.3 is 0 Å². The van der Waals surface area contributed by atoms with Gasteiger partial charge in [-0.1, -0.05) is 18.2 Å². The monoisotopic (exact) mass is 496 g/mol. The summed E-state index contributed by atoms with van der Waals surface area (Å²) in [6.45, 7) is 0.195. The van der Waals surface area contributed by atoms with E-state index in [2.05, 4.69) is 15.4 Å². The second-order valence-corrected chi connectivity index (χ2v) is 7.61. The van der Waals surface area contributed by atoms with Crippen LogP contribution in [0.4, 0.5) is 10.1 Å². The lowest BCUT2D eigenvalue weighted by atomic mass is 10.1. The van der Waals surface area contributed by atoms with Crippen LogP contribution in [0.5, 0.6) is 11.5 Å². The van der Waals surface area contributed by atoms with Crippen molar-refractivity contribution in [3.8, 4) is 11.5 Å². The molecule has 0 radical (unpaired) electrons. The Morgan fingerprint density at radius 1 is 1.19 bits per heavy atom. The zero-order valence-electron chi connectivity index (χ0n) is 19.3. The van der Waals surface area contributed by atoms with Crippen molar-refractivity contribution in [2.45, 2.75) is 13.1 Å². The van der Waals surface area contributed by atoms with Crippen LogP contribution in [0.15, 0.2) is 53.7 Å². The number of nitrogens with one attached hydrogen (secondary N) is 1. The number of ether oxygens (including phenoxy) is 2. The molecule has 0 aliphatic heterocycles. The standard InChI is InChI=1S/C23H21FN6O6/c1-35-19-9-15(18(30(33)34)10-20(19)36-2)22(31)25-7-8-29-21-16(11-27-29)23(32)28(13-26-21)12-14-5-3-4-6-17(14)24/h3-6,9-11,13H,7-8,12H2,1-2H3,(H,25,31). The van der Waals surface area contributed by atoms with Crippen LogP contribution < -0.4 is 20.3 Å². The molecule has 13 heteroatoms.